The highest BCUT2D eigenvalue weighted by Gasteiger charge is 2.24. The zero-order valence-electron chi connectivity index (χ0n) is 9.58. The Bertz CT molecular complexity index is 177. The average molecular weight is 214 g/mol. The minimum atomic E-state index is 0.374. The first kappa shape index (κ1) is 11.3. The Morgan fingerprint density at radius 2 is 2.33 bits per heavy atom. The van der Waals surface area contributed by atoms with Gasteiger partial charge in [0.05, 0.1) is 12.7 Å². The van der Waals surface area contributed by atoms with Gasteiger partial charge >= 0.3 is 0 Å². The first-order valence-corrected chi connectivity index (χ1v) is 6.04. The molecule has 2 fully saturated rings. The van der Waals surface area contributed by atoms with Gasteiger partial charge in [0.1, 0.15) is 6.79 Å². The second kappa shape index (κ2) is 5.80. The SMILES string of the molecule is CCN(CC1CCOCO1)C1CCNC1. The first-order valence-electron chi connectivity index (χ1n) is 6.04. The lowest BCUT2D eigenvalue weighted by molar-refractivity contribution is -0.145. The summed E-state index contributed by atoms with van der Waals surface area (Å²) < 4.78 is 10.8. The number of nitrogens with one attached hydrogen (secondary N) is 1. The van der Waals surface area contributed by atoms with Crippen molar-refractivity contribution in [1.82, 2.24) is 10.2 Å². The summed E-state index contributed by atoms with van der Waals surface area (Å²) in [6.45, 7) is 8.04. The molecule has 15 heavy (non-hydrogen) atoms. The number of hydrogen-bond donors (Lipinski definition) is 1. The van der Waals surface area contributed by atoms with Crippen LogP contribution in [0.2, 0.25) is 0 Å². The van der Waals surface area contributed by atoms with Gasteiger partial charge in [-0.05, 0) is 25.9 Å². The molecule has 0 saturated carbocycles. The van der Waals surface area contributed by atoms with Crippen LogP contribution >= 0.6 is 0 Å². The zero-order valence-corrected chi connectivity index (χ0v) is 9.58. The Morgan fingerprint density at radius 1 is 1.40 bits per heavy atom. The Morgan fingerprint density at radius 3 is 2.93 bits per heavy atom. The Hall–Kier alpha value is -0.160. The van der Waals surface area contributed by atoms with Crippen LogP contribution in [0.4, 0.5) is 0 Å². The fraction of sp³-hybridized carbons (Fsp3) is 1.00. The molecule has 2 unspecified atom stereocenters. The van der Waals surface area contributed by atoms with Crippen LogP contribution in [0.5, 0.6) is 0 Å². The monoisotopic (exact) mass is 214 g/mol. The Kier molecular flexibility index (Phi) is 4.38. The predicted molar refractivity (Wildman–Crippen MR) is 58.8 cm³/mol. The van der Waals surface area contributed by atoms with E-state index in [1.807, 2.05) is 0 Å². The maximum Gasteiger partial charge on any atom is 0.147 e. The van der Waals surface area contributed by atoms with E-state index in [9.17, 15) is 0 Å². The quantitative estimate of drug-likeness (QED) is 0.736. The van der Waals surface area contributed by atoms with Gasteiger partial charge < -0.3 is 14.8 Å². The summed E-state index contributed by atoms with van der Waals surface area (Å²) >= 11 is 0. The molecular formula is C11H22N2O2. The van der Waals surface area contributed by atoms with E-state index < -0.39 is 0 Å². The second-order valence-electron chi connectivity index (χ2n) is 4.34. The molecule has 2 rings (SSSR count). The van der Waals surface area contributed by atoms with Crippen molar-refractivity contribution in [2.24, 2.45) is 0 Å². The highest BCUT2D eigenvalue weighted by atomic mass is 16.7. The largest absolute Gasteiger partial charge is 0.355 e. The van der Waals surface area contributed by atoms with Gasteiger partial charge in [0.25, 0.3) is 0 Å². The summed E-state index contributed by atoms with van der Waals surface area (Å²) in [5.74, 6) is 0. The van der Waals surface area contributed by atoms with Gasteiger partial charge in [0.2, 0.25) is 0 Å². The smallest absolute Gasteiger partial charge is 0.147 e. The summed E-state index contributed by atoms with van der Waals surface area (Å²) in [6, 6.07) is 0.710. The third kappa shape index (κ3) is 3.14. The summed E-state index contributed by atoms with van der Waals surface area (Å²) in [5.41, 5.74) is 0. The van der Waals surface area contributed by atoms with E-state index in [2.05, 4.69) is 17.1 Å². The van der Waals surface area contributed by atoms with Crippen LogP contribution in [0.15, 0.2) is 0 Å². The van der Waals surface area contributed by atoms with Crippen molar-refractivity contribution in [3.63, 3.8) is 0 Å². The minimum absolute atomic E-state index is 0.374. The van der Waals surface area contributed by atoms with Gasteiger partial charge in [-0.3, -0.25) is 4.90 Å². The van der Waals surface area contributed by atoms with Crippen LogP contribution in [0.3, 0.4) is 0 Å². The van der Waals surface area contributed by atoms with Crippen molar-refractivity contribution in [2.45, 2.75) is 31.9 Å². The molecule has 4 heteroatoms. The lowest BCUT2D eigenvalue weighted by Gasteiger charge is -2.32. The highest BCUT2D eigenvalue weighted by Crippen LogP contribution is 2.13. The van der Waals surface area contributed by atoms with Crippen molar-refractivity contribution in [3.05, 3.63) is 0 Å². The number of hydrogen-bond acceptors (Lipinski definition) is 4. The summed E-state index contributed by atoms with van der Waals surface area (Å²) in [7, 11) is 0. The molecule has 0 spiro atoms. The van der Waals surface area contributed by atoms with E-state index in [4.69, 9.17) is 9.47 Å². The molecule has 88 valence electrons. The van der Waals surface area contributed by atoms with Gasteiger partial charge in [0, 0.05) is 19.1 Å². The van der Waals surface area contributed by atoms with Gasteiger partial charge in [-0.1, -0.05) is 6.92 Å². The third-order valence-corrected chi connectivity index (χ3v) is 3.37. The van der Waals surface area contributed by atoms with E-state index in [1.54, 1.807) is 0 Å². The van der Waals surface area contributed by atoms with Crippen molar-refractivity contribution in [3.8, 4) is 0 Å². The van der Waals surface area contributed by atoms with Crippen molar-refractivity contribution in [2.75, 3.05) is 39.6 Å². The Balaban J connectivity index is 1.78. The molecule has 2 saturated heterocycles. The zero-order chi connectivity index (χ0) is 10.5. The van der Waals surface area contributed by atoms with Crippen LogP contribution in [0.1, 0.15) is 19.8 Å². The van der Waals surface area contributed by atoms with Gasteiger partial charge in [-0.2, -0.15) is 0 Å². The van der Waals surface area contributed by atoms with E-state index in [-0.39, 0.29) is 0 Å². The van der Waals surface area contributed by atoms with Crippen molar-refractivity contribution >= 4 is 0 Å². The van der Waals surface area contributed by atoms with Gasteiger partial charge in [0.15, 0.2) is 0 Å². The second-order valence-corrected chi connectivity index (χ2v) is 4.34. The molecule has 2 heterocycles. The molecule has 2 atom stereocenters. The third-order valence-electron chi connectivity index (χ3n) is 3.37. The maximum absolute atomic E-state index is 5.59. The highest BCUT2D eigenvalue weighted by molar-refractivity contribution is 4.81. The molecular weight excluding hydrogens is 192 g/mol. The average Bonchev–Trinajstić information content (AvgIpc) is 2.81. The molecule has 0 aromatic rings. The normalized spacial score (nSPS) is 32.4. The molecule has 0 aliphatic carbocycles. The van der Waals surface area contributed by atoms with Crippen LogP contribution in [-0.4, -0.2) is 56.6 Å². The maximum atomic E-state index is 5.59. The topological polar surface area (TPSA) is 33.7 Å². The van der Waals surface area contributed by atoms with Crippen LogP contribution in [0, 0.1) is 0 Å². The van der Waals surface area contributed by atoms with E-state index in [0.29, 0.717) is 18.9 Å². The van der Waals surface area contributed by atoms with E-state index >= 15 is 0 Å². The lowest BCUT2D eigenvalue weighted by Crippen LogP contribution is -2.43. The van der Waals surface area contributed by atoms with E-state index in [1.165, 1.54) is 6.42 Å². The number of likely N-dealkylation sites (N-methyl/N-ethyl adjacent to an activating group) is 1. The molecule has 0 bridgehead atoms. The minimum Gasteiger partial charge on any atom is -0.355 e. The van der Waals surface area contributed by atoms with E-state index in [0.717, 1.165) is 39.2 Å². The molecule has 0 aromatic carbocycles. The standard InChI is InChI=1S/C11H22N2O2/c1-2-13(10-3-5-12-7-10)8-11-4-6-14-9-15-11/h10-12H,2-9H2,1H3. The summed E-state index contributed by atoms with van der Waals surface area (Å²) in [6.07, 6.45) is 2.69. The number of ether oxygens (including phenoxy) is 2. The van der Waals surface area contributed by atoms with Crippen LogP contribution in [0.25, 0.3) is 0 Å². The molecule has 2 aliphatic heterocycles. The Labute approximate surface area is 91.9 Å². The number of rotatable bonds is 4. The molecule has 4 nitrogen and oxygen atoms in total. The first-order chi connectivity index (χ1) is 7.40. The van der Waals surface area contributed by atoms with Crippen molar-refractivity contribution in [1.29, 1.82) is 0 Å². The predicted octanol–water partition coefficient (Wildman–Crippen LogP) is 0.433. The molecule has 0 radical (unpaired) electrons. The van der Waals surface area contributed by atoms with Crippen LogP contribution in [-0.2, 0) is 9.47 Å². The summed E-state index contributed by atoms with van der Waals surface area (Å²) in [5, 5.41) is 3.42. The fourth-order valence-corrected chi connectivity index (χ4v) is 2.39. The lowest BCUT2D eigenvalue weighted by atomic mass is 10.1. The molecule has 0 amide bonds. The fourth-order valence-electron chi connectivity index (χ4n) is 2.39. The summed E-state index contributed by atoms with van der Waals surface area (Å²) in [4.78, 5) is 2.54. The van der Waals surface area contributed by atoms with Gasteiger partial charge in [-0.25, -0.2) is 0 Å². The van der Waals surface area contributed by atoms with Crippen molar-refractivity contribution < 1.29 is 9.47 Å². The molecule has 1 N–H and O–H groups in total. The number of nitrogens with zero attached hydrogens (tertiary/aromatic N) is 1. The molecule has 2 aliphatic rings. The van der Waals surface area contributed by atoms with Crippen LogP contribution < -0.4 is 5.32 Å². The molecule has 0 aromatic heterocycles. The van der Waals surface area contributed by atoms with Gasteiger partial charge in [-0.15, -0.1) is 0 Å².